The summed E-state index contributed by atoms with van der Waals surface area (Å²) in [6.07, 6.45) is -8.94. The van der Waals surface area contributed by atoms with Crippen molar-refractivity contribution in [2.45, 2.75) is 19.3 Å². The van der Waals surface area contributed by atoms with Gasteiger partial charge in [0.25, 0.3) is 0 Å². The third kappa shape index (κ3) is 3.69. The Morgan fingerprint density at radius 3 is 2.38 bits per heavy atom. The fourth-order valence-corrected chi connectivity index (χ4v) is 1.90. The molecule has 0 radical (unpaired) electrons. The highest BCUT2D eigenvalue weighted by Gasteiger charge is 2.40. The van der Waals surface area contributed by atoms with E-state index in [0.29, 0.717) is 16.9 Å². The molecule has 2 rings (SSSR count). The van der Waals surface area contributed by atoms with E-state index < -0.39 is 35.1 Å². The monoisotopic (exact) mass is 352 g/mol. The summed E-state index contributed by atoms with van der Waals surface area (Å²) in [7, 11) is 0. The maximum Gasteiger partial charge on any atom is 0.436 e. The number of carbonyl (C=O) groups excluding carboxylic acids is 1. The Labute approximate surface area is 131 Å². The molecule has 1 heterocycles. The first kappa shape index (κ1) is 17.8. The number of benzene rings is 1. The Hall–Kier alpha value is -2.52. The third-order valence-electron chi connectivity index (χ3n) is 2.92. The van der Waals surface area contributed by atoms with Gasteiger partial charge in [-0.25, -0.2) is 9.48 Å². The van der Waals surface area contributed by atoms with E-state index in [1.807, 2.05) is 0 Å². The molecule has 0 saturated heterocycles. The van der Waals surface area contributed by atoms with Gasteiger partial charge in [0, 0.05) is 6.20 Å². The van der Waals surface area contributed by atoms with Crippen molar-refractivity contribution in [3.05, 3.63) is 47.3 Å². The van der Waals surface area contributed by atoms with Crippen LogP contribution in [0.4, 0.5) is 26.3 Å². The van der Waals surface area contributed by atoms with Gasteiger partial charge in [0.2, 0.25) is 0 Å². The number of esters is 1. The van der Waals surface area contributed by atoms with Crippen molar-refractivity contribution in [3.63, 3.8) is 0 Å². The van der Waals surface area contributed by atoms with Crippen LogP contribution in [0.1, 0.15) is 28.5 Å². The quantitative estimate of drug-likeness (QED) is 0.617. The zero-order chi connectivity index (χ0) is 18.1. The van der Waals surface area contributed by atoms with Crippen LogP contribution in [0.25, 0.3) is 5.69 Å². The molecular weight excluding hydrogens is 342 g/mol. The number of rotatable bonds is 3. The van der Waals surface area contributed by atoms with Gasteiger partial charge in [-0.3, -0.25) is 0 Å². The molecule has 0 fully saturated rings. The third-order valence-corrected chi connectivity index (χ3v) is 2.92. The summed E-state index contributed by atoms with van der Waals surface area (Å²) in [5.74, 6) is -1.26. The number of aromatic nitrogens is 2. The molecule has 0 bridgehead atoms. The molecule has 2 aromatic rings. The van der Waals surface area contributed by atoms with Crippen LogP contribution < -0.4 is 0 Å². The van der Waals surface area contributed by atoms with E-state index in [1.54, 1.807) is 0 Å². The first-order valence-electron chi connectivity index (χ1n) is 6.55. The summed E-state index contributed by atoms with van der Waals surface area (Å²) in [6, 6.07) is 3.56. The maximum absolute atomic E-state index is 13.0. The number of alkyl halides is 6. The lowest BCUT2D eigenvalue weighted by molar-refractivity contribution is -0.142. The number of halogens is 6. The SMILES string of the molecule is CCOC(=O)c1cn(-c2cccc(C(F)(F)F)c2)nc1C(F)(F)F. The van der Waals surface area contributed by atoms with Gasteiger partial charge in [0.15, 0.2) is 5.69 Å². The minimum atomic E-state index is -4.96. The van der Waals surface area contributed by atoms with Gasteiger partial charge in [-0.2, -0.15) is 31.4 Å². The van der Waals surface area contributed by atoms with Gasteiger partial charge >= 0.3 is 18.3 Å². The van der Waals surface area contributed by atoms with E-state index in [4.69, 9.17) is 0 Å². The van der Waals surface area contributed by atoms with Crippen molar-refractivity contribution < 1.29 is 35.9 Å². The number of ether oxygens (including phenoxy) is 1. The van der Waals surface area contributed by atoms with E-state index in [-0.39, 0.29) is 12.3 Å². The Kier molecular flexibility index (Phi) is 4.59. The van der Waals surface area contributed by atoms with E-state index >= 15 is 0 Å². The average molecular weight is 352 g/mol. The second-order valence-electron chi connectivity index (χ2n) is 4.60. The molecule has 130 valence electrons. The minimum absolute atomic E-state index is 0.162. The molecule has 4 nitrogen and oxygen atoms in total. The average Bonchev–Trinajstić information content (AvgIpc) is 2.92. The lowest BCUT2D eigenvalue weighted by atomic mass is 10.2. The van der Waals surface area contributed by atoms with E-state index in [2.05, 4.69) is 9.84 Å². The van der Waals surface area contributed by atoms with Crippen molar-refractivity contribution in [3.8, 4) is 5.69 Å². The van der Waals surface area contributed by atoms with E-state index in [9.17, 15) is 31.1 Å². The van der Waals surface area contributed by atoms with Crippen LogP contribution in [-0.2, 0) is 17.1 Å². The predicted molar refractivity (Wildman–Crippen MR) is 69.5 cm³/mol. The molecule has 0 aliphatic rings. The molecule has 24 heavy (non-hydrogen) atoms. The molecule has 0 unspecified atom stereocenters. The lowest BCUT2D eigenvalue weighted by Gasteiger charge is -2.08. The summed E-state index contributed by atoms with van der Waals surface area (Å²) >= 11 is 0. The molecular formula is C14H10F6N2O2. The molecule has 0 aliphatic heterocycles. The van der Waals surface area contributed by atoms with Crippen LogP contribution in [0.5, 0.6) is 0 Å². The Bertz CT molecular complexity index is 748. The predicted octanol–water partition coefficient (Wildman–Crippen LogP) is 4.09. The molecule has 1 aromatic heterocycles. The number of hydrogen-bond donors (Lipinski definition) is 0. The number of hydrogen-bond acceptors (Lipinski definition) is 3. The summed E-state index contributed by atoms with van der Waals surface area (Å²) in [5, 5.41) is 3.20. The molecule has 0 saturated carbocycles. The normalized spacial score (nSPS) is 12.3. The summed E-state index contributed by atoms with van der Waals surface area (Å²) in [5.41, 5.74) is -3.73. The Morgan fingerprint density at radius 1 is 1.17 bits per heavy atom. The van der Waals surface area contributed by atoms with Crippen LogP contribution in [0, 0.1) is 0 Å². The standard InChI is InChI=1S/C14H10F6N2O2/c1-2-24-12(23)10-7-22(21-11(10)14(18,19)20)9-5-3-4-8(6-9)13(15,16)17/h3-7H,2H2,1H3. The van der Waals surface area contributed by atoms with Gasteiger partial charge in [0.1, 0.15) is 5.56 Å². The first-order chi connectivity index (χ1) is 11.0. The highest BCUT2D eigenvalue weighted by atomic mass is 19.4. The van der Waals surface area contributed by atoms with Gasteiger partial charge in [-0.1, -0.05) is 6.07 Å². The molecule has 0 spiro atoms. The summed E-state index contributed by atoms with van der Waals surface area (Å²) in [6.45, 7) is 1.24. The fourth-order valence-electron chi connectivity index (χ4n) is 1.90. The molecule has 0 N–H and O–H groups in total. The van der Waals surface area contributed by atoms with Crippen LogP contribution in [0.2, 0.25) is 0 Å². The van der Waals surface area contributed by atoms with E-state index in [0.717, 1.165) is 18.2 Å². The second kappa shape index (κ2) is 6.17. The summed E-state index contributed by atoms with van der Waals surface area (Å²) in [4.78, 5) is 11.6. The second-order valence-corrected chi connectivity index (χ2v) is 4.60. The molecule has 0 aliphatic carbocycles. The lowest BCUT2D eigenvalue weighted by Crippen LogP contribution is -2.14. The first-order valence-corrected chi connectivity index (χ1v) is 6.55. The Morgan fingerprint density at radius 2 is 1.83 bits per heavy atom. The molecule has 0 atom stereocenters. The zero-order valence-electron chi connectivity index (χ0n) is 12.1. The van der Waals surface area contributed by atoms with Crippen LogP contribution in [0.3, 0.4) is 0 Å². The zero-order valence-corrected chi connectivity index (χ0v) is 12.1. The van der Waals surface area contributed by atoms with Crippen molar-refractivity contribution in [1.82, 2.24) is 9.78 Å². The molecule has 10 heteroatoms. The summed E-state index contributed by atoms with van der Waals surface area (Å²) < 4.78 is 82.1. The van der Waals surface area contributed by atoms with Crippen molar-refractivity contribution in [1.29, 1.82) is 0 Å². The smallest absolute Gasteiger partial charge is 0.436 e. The topological polar surface area (TPSA) is 44.1 Å². The van der Waals surface area contributed by atoms with Crippen LogP contribution in [0.15, 0.2) is 30.5 Å². The van der Waals surface area contributed by atoms with Crippen LogP contribution in [-0.4, -0.2) is 22.4 Å². The Balaban J connectivity index is 2.55. The van der Waals surface area contributed by atoms with Gasteiger partial charge in [0.05, 0.1) is 17.9 Å². The van der Waals surface area contributed by atoms with Crippen molar-refractivity contribution in [2.75, 3.05) is 6.61 Å². The van der Waals surface area contributed by atoms with Crippen molar-refractivity contribution >= 4 is 5.97 Å². The minimum Gasteiger partial charge on any atom is -0.462 e. The maximum atomic E-state index is 13.0. The van der Waals surface area contributed by atoms with Crippen molar-refractivity contribution in [2.24, 2.45) is 0 Å². The van der Waals surface area contributed by atoms with E-state index in [1.165, 1.54) is 6.92 Å². The largest absolute Gasteiger partial charge is 0.462 e. The van der Waals surface area contributed by atoms with Gasteiger partial charge in [-0.15, -0.1) is 0 Å². The van der Waals surface area contributed by atoms with Crippen LogP contribution >= 0.6 is 0 Å². The van der Waals surface area contributed by atoms with Gasteiger partial charge in [-0.05, 0) is 25.1 Å². The molecule has 0 amide bonds. The highest BCUT2D eigenvalue weighted by molar-refractivity contribution is 5.90. The van der Waals surface area contributed by atoms with Gasteiger partial charge < -0.3 is 4.74 Å². The molecule has 1 aromatic carbocycles. The highest BCUT2D eigenvalue weighted by Crippen LogP contribution is 2.33. The number of carbonyl (C=O) groups is 1. The fraction of sp³-hybridized carbons (Fsp3) is 0.286. The number of nitrogens with zero attached hydrogens (tertiary/aromatic N) is 2.